The molecule has 1 fully saturated rings. The number of hydrogen-bond donors (Lipinski definition) is 0. The summed E-state index contributed by atoms with van der Waals surface area (Å²) in [6.07, 6.45) is 2.52. The highest BCUT2D eigenvalue weighted by atomic mass is 35.5. The van der Waals surface area contributed by atoms with Crippen molar-refractivity contribution in [2.75, 3.05) is 13.1 Å². The van der Waals surface area contributed by atoms with E-state index in [1.165, 1.54) is 0 Å². The number of rotatable bonds is 3. The number of ether oxygens (including phenoxy) is 1. The van der Waals surface area contributed by atoms with Crippen molar-refractivity contribution in [3.05, 3.63) is 46.6 Å². The Kier molecular flexibility index (Phi) is 4.73. The molecule has 1 saturated heterocycles. The predicted molar refractivity (Wildman–Crippen MR) is 104 cm³/mol. The van der Waals surface area contributed by atoms with Gasteiger partial charge in [0.25, 0.3) is 0 Å². The van der Waals surface area contributed by atoms with E-state index in [0.29, 0.717) is 24.5 Å². The lowest BCUT2D eigenvalue weighted by atomic mass is 10.2. The summed E-state index contributed by atoms with van der Waals surface area (Å²) < 4.78 is 7.73. The Bertz CT molecular complexity index is 924. The fourth-order valence-electron chi connectivity index (χ4n) is 3.36. The third-order valence-corrected chi connectivity index (χ3v) is 5.67. The molecular weight excluding hydrogens is 370 g/mol. The van der Waals surface area contributed by atoms with Gasteiger partial charge in [0.05, 0.1) is 24.3 Å². The molecule has 0 bridgehead atoms. The standard InChI is InChI=1S/C19H20ClN3O2S/c1-12-8-22(9-13(2)25-12)18(24)7-16-11-26-19-21-17(10-23(16)19)14-3-5-15(20)6-4-14/h3-6,10-13H,7-9H2,1-2H3/t12-,13-/m0/s1. The molecule has 2 aromatic heterocycles. The smallest absolute Gasteiger partial charge is 0.228 e. The van der Waals surface area contributed by atoms with Gasteiger partial charge in [-0.1, -0.05) is 23.7 Å². The van der Waals surface area contributed by atoms with Gasteiger partial charge < -0.3 is 9.64 Å². The Labute approximate surface area is 161 Å². The van der Waals surface area contributed by atoms with E-state index in [9.17, 15) is 4.79 Å². The van der Waals surface area contributed by atoms with Crippen molar-refractivity contribution < 1.29 is 9.53 Å². The molecule has 3 heterocycles. The molecule has 3 aromatic rings. The van der Waals surface area contributed by atoms with E-state index in [1.54, 1.807) is 11.3 Å². The lowest BCUT2D eigenvalue weighted by Gasteiger charge is -2.35. The van der Waals surface area contributed by atoms with Crippen LogP contribution in [0.1, 0.15) is 19.5 Å². The molecule has 1 aliphatic rings. The third kappa shape index (κ3) is 3.49. The molecular formula is C19H20ClN3O2S. The molecule has 7 heteroatoms. The van der Waals surface area contributed by atoms with Gasteiger partial charge in [0.1, 0.15) is 0 Å². The van der Waals surface area contributed by atoms with E-state index in [1.807, 2.05) is 59.0 Å². The molecule has 0 N–H and O–H groups in total. The normalized spacial score (nSPS) is 20.7. The molecule has 0 aliphatic carbocycles. The van der Waals surface area contributed by atoms with Crippen LogP contribution in [0.2, 0.25) is 5.02 Å². The topological polar surface area (TPSA) is 46.8 Å². The van der Waals surface area contributed by atoms with Gasteiger partial charge in [0, 0.05) is 40.9 Å². The first-order chi connectivity index (χ1) is 12.5. The number of carbonyl (C=O) groups excluding carboxylic acids is 1. The first-order valence-corrected chi connectivity index (χ1v) is 9.90. The Morgan fingerprint density at radius 3 is 2.65 bits per heavy atom. The zero-order valence-corrected chi connectivity index (χ0v) is 16.3. The summed E-state index contributed by atoms with van der Waals surface area (Å²) in [7, 11) is 0. The first kappa shape index (κ1) is 17.5. The summed E-state index contributed by atoms with van der Waals surface area (Å²) in [5.74, 6) is 0.133. The van der Waals surface area contributed by atoms with E-state index in [2.05, 4.69) is 4.98 Å². The maximum absolute atomic E-state index is 12.7. The lowest BCUT2D eigenvalue weighted by molar-refractivity contribution is -0.142. The van der Waals surface area contributed by atoms with E-state index in [-0.39, 0.29) is 18.1 Å². The van der Waals surface area contributed by atoms with Crippen molar-refractivity contribution in [1.82, 2.24) is 14.3 Å². The van der Waals surface area contributed by atoms with Crippen LogP contribution in [0.5, 0.6) is 0 Å². The number of benzene rings is 1. The van der Waals surface area contributed by atoms with Crippen LogP contribution >= 0.6 is 22.9 Å². The molecule has 0 spiro atoms. The van der Waals surface area contributed by atoms with Crippen molar-refractivity contribution in [1.29, 1.82) is 0 Å². The number of thiazole rings is 1. The van der Waals surface area contributed by atoms with Crippen molar-refractivity contribution in [2.45, 2.75) is 32.5 Å². The molecule has 5 nitrogen and oxygen atoms in total. The second kappa shape index (κ2) is 7.02. The molecule has 1 amide bonds. The van der Waals surface area contributed by atoms with Gasteiger partial charge in [-0.2, -0.15) is 0 Å². The summed E-state index contributed by atoms with van der Waals surface area (Å²) in [5.41, 5.74) is 2.86. The summed E-state index contributed by atoms with van der Waals surface area (Å²) >= 11 is 7.51. The highest BCUT2D eigenvalue weighted by molar-refractivity contribution is 7.15. The van der Waals surface area contributed by atoms with Crippen LogP contribution in [-0.2, 0) is 16.0 Å². The molecule has 4 rings (SSSR count). The van der Waals surface area contributed by atoms with E-state index in [0.717, 1.165) is 21.9 Å². The number of imidazole rings is 1. The number of morpholine rings is 1. The predicted octanol–water partition coefficient (Wildman–Crippen LogP) is 3.89. The van der Waals surface area contributed by atoms with Crippen LogP contribution < -0.4 is 0 Å². The van der Waals surface area contributed by atoms with Crippen LogP contribution in [0.4, 0.5) is 0 Å². The summed E-state index contributed by atoms with van der Waals surface area (Å²) in [4.78, 5) is 20.2. The Hall–Kier alpha value is -1.89. The molecule has 0 unspecified atom stereocenters. The van der Waals surface area contributed by atoms with Crippen LogP contribution in [0, 0.1) is 0 Å². The van der Waals surface area contributed by atoms with Crippen molar-refractivity contribution >= 4 is 33.8 Å². The molecule has 2 atom stereocenters. The monoisotopic (exact) mass is 389 g/mol. The molecule has 26 heavy (non-hydrogen) atoms. The summed E-state index contributed by atoms with van der Waals surface area (Å²) in [5, 5.41) is 2.72. The number of halogens is 1. The molecule has 1 aromatic carbocycles. The number of amides is 1. The number of aromatic nitrogens is 2. The van der Waals surface area contributed by atoms with Crippen molar-refractivity contribution in [3.63, 3.8) is 0 Å². The number of hydrogen-bond acceptors (Lipinski definition) is 4. The average Bonchev–Trinajstić information content (AvgIpc) is 3.16. The lowest BCUT2D eigenvalue weighted by Crippen LogP contribution is -2.48. The van der Waals surface area contributed by atoms with E-state index < -0.39 is 0 Å². The van der Waals surface area contributed by atoms with Gasteiger partial charge in [-0.05, 0) is 26.0 Å². The minimum atomic E-state index is 0.0787. The van der Waals surface area contributed by atoms with Gasteiger partial charge in [-0.25, -0.2) is 4.98 Å². The van der Waals surface area contributed by atoms with Gasteiger partial charge in [0.2, 0.25) is 5.91 Å². The summed E-state index contributed by atoms with van der Waals surface area (Å²) in [6, 6.07) is 7.62. The second-order valence-corrected chi connectivity index (χ2v) is 8.02. The SMILES string of the molecule is C[C@H]1CN(C(=O)Cc2csc3nc(-c4ccc(Cl)cc4)cn23)C[C@H](C)O1. The summed E-state index contributed by atoms with van der Waals surface area (Å²) in [6.45, 7) is 5.31. The minimum absolute atomic E-state index is 0.0787. The van der Waals surface area contributed by atoms with Gasteiger partial charge in [-0.15, -0.1) is 11.3 Å². The minimum Gasteiger partial charge on any atom is -0.372 e. The zero-order valence-electron chi connectivity index (χ0n) is 14.7. The fourth-order valence-corrected chi connectivity index (χ4v) is 4.36. The molecule has 0 saturated carbocycles. The quantitative estimate of drug-likeness (QED) is 0.682. The van der Waals surface area contributed by atoms with Crippen LogP contribution in [-0.4, -0.2) is 45.5 Å². The van der Waals surface area contributed by atoms with Gasteiger partial charge >= 0.3 is 0 Å². The zero-order chi connectivity index (χ0) is 18.3. The molecule has 136 valence electrons. The average molecular weight is 390 g/mol. The number of carbonyl (C=O) groups is 1. The Balaban J connectivity index is 1.55. The molecule has 1 aliphatic heterocycles. The second-order valence-electron chi connectivity index (χ2n) is 6.75. The van der Waals surface area contributed by atoms with Crippen LogP contribution in [0.25, 0.3) is 16.2 Å². The highest BCUT2D eigenvalue weighted by Crippen LogP contribution is 2.25. The number of nitrogens with zero attached hydrogens (tertiary/aromatic N) is 3. The first-order valence-electron chi connectivity index (χ1n) is 8.64. The van der Waals surface area contributed by atoms with E-state index >= 15 is 0 Å². The van der Waals surface area contributed by atoms with Crippen LogP contribution in [0.3, 0.4) is 0 Å². The van der Waals surface area contributed by atoms with Gasteiger partial charge in [-0.3, -0.25) is 9.20 Å². The molecule has 0 radical (unpaired) electrons. The van der Waals surface area contributed by atoms with E-state index in [4.69, 9.17) is 16.3 Å². The van der Waals surface area contributed by atoms with Crippen molar-refractivity contribution in [3.8, 4) is 11.3 Å². The van der Waals surface area contributed by atoms with Gasteiger partial charge in [0.15, 0.2) is 4.96 Å². The Morgan fingerprint density at radius 1 is 1.27 bits per heavy atom. The fraction of sp³-hybridized carbons (Fsp3) is 0.368. The Morgan fingerprint density at radius 2 is 1.96 bits per heavy atom. The third-order valence-electron chi connectivity index (χ3n) is 4.53. The maximum atomic E-state index is 12.7. The highest BCUT2D eigenvalue weighted by Gasteiger charge is 2.26. The van der Waals surface area contributed by atoms with Crippen molar-refractivity contribution in [2.24, 2.45) is 0 Å². The number of fused-ring (bicyclic) bond motifs is 1. The largest absolute Gasteiger partial charge is 0.372 e. The van der Waals surface area contributed by atoms with Crippen LogP contribution in [0.15, 0.2) is 35.8 Å². The maximum Gasteiger partial charge on any atom is 0.228 e.